The van der Waals surface area contributed by atoms with Gasteiger partial charge in [0.25, 0.3) is 5.91 Å². The number of pyridine rings is 1. The highest BCUT2D eigenvalue weighted by molar-refractivity contribution is 7.14. The average Bonchev–Trinajstić information content (AvgIpc) is 3.15. The third-order valence-corrected chi connectivity index (χ3v) is 5.22. The van der Waals surface area contributed by atoms with Gasteiger partial charge < -0.3 is 15.1 Å². The number of nitrogens with zero attached hydrogens (tertiary/aromatic N) is 3. The summed E-state index contributed by atoms with van der Waals surface area (Å²) >= 11 is 1.48. The van der Waals surface area contributed by atoms with Gasteiger partial charge in [-0.25, -0.2) is 0 Å². The molecule has 2 amide bonds. The molecule has 0 bridgehead atoms. The van der Waals surface area contributed by atoms with Crippen LogP contribution in [0.3, 0.4) is 0 Å². The Hall–Kier alpha value is -2.25. The van der Waals surface area contributed by atoms with E-state index in [1.165, 1.54) is 11.3 Å². The maximum absolute atomic E-state index is 12.4. The minimum atomic E-state index is -0.0803. The Morgan fingerprint density at radius 1 is 1.40 bits per heavy atom. The molecule has 0 atom stereocenters. The number of fused-ring (bicyclic) bond motifs is 1. The summed E-state index contributed by atoms with van der Waals surface area (Å²) in [5, 5.41) is 2.94. The highest BCUT2D eigenvalue weighted by Crippen LogP contribution is 2.35. The molecule has 3 heterocycles. The van der Waals surface area contributed by atoms with E-state index in [1.807, 2.05) is 37.2 Å². The number of carbonyl (C=O) groups excluding carboxylic acids is 2. The molecule has 0 saturated carbocycles. The van der Waals surface area contributed by atoms with Crippen molar-refractivity contribution in [2.24, 2.45) is 0 Å². The van der Waals surface area contributed by atoms with Gasteiger partial charge in [-0.15, -0.1) is 11.3 Å². The Kier molecular flexibility index (Phi) is 5.45. The van der Waals surface area contributed by atoms with E-state index in [0.29, 0.717) is 24.5 Å². The van der Waals surface area contributed by atoms with Gasteiger partial charge in [-0.05, 0) is 38.2 Å². The lowest BCUT2D eigenvalue weighted by atomic mass is 10.2. The first-order valence-electron chi connectivity index (χ1n) is 8.29. The standard InChI is InChI=1S/C18H22N4O2S/c1-21(2)12-17(23)22-9-6-15-14(22)10-16(25-15)18(24)20-8-5-13-4-3-7-19-11-13/h3-4,7,10-11H,5-6,8-9,12H2,1-2H3,(H,20,24). The second-order valence-electron chi connectivity index (χ2n) is 6.32. The van der Waals surface area contributed by atoms with Crippen LogP contribution in [0.2, 0.25) is 0 Å². The summed E-state index contributed by atoms with van der Waals surface area (Å²) in [7, 11) is 3.76. The largest absolute Gasteiger partial charge is 0.351 e. The van der Waals surface area contributed by atoms with Crippen molar-refractivity contribution in [3.63, 3.8) is 0 Å². The molecular formula is C18H22N4O2S. The van der Waals surface area contributed by atoms with E-state index in [2.05, 4.69) is 10.3 Å². The third kappa shape index (κ3) is 4.24. The summed E-state index contributed by atoms with van der Waals surface area (Å²) in [6, 6.07) is 5.73. The zero-order valence-corrected chi connectivity index (χ0v) is 15.3. The summed E-state index contributed by atoms with van der Waals surface area (Å²) in [6.45, 7) is 1.65. The van der Waals surface area contributed by atoms with E-state index in [9.17, 15) is 9.59 Å². The van der Waals surface area contributed by atoms with Crippen molar-refractivity contribution in [2.45, 2.75) is 12.8 Å². The first kappa shape index (κ1) is 17.6. The highest BCUT2D eigenvalue weighted by Gasteiger charge is 2.28. The fraction of sp³-hybridized carbons (Fsp3) is 0.389. The van der Waals surface area contributed by atoms with E-state index < -0.39 is 0 Å². The minimum Gasteiger partial charge on any atom is -0.351 e. The normalized spacial score (nSPS) is 13.2. The molecule has 7 heteroatoms. The molecule has 0 aromatic carbocycles. The lowest BCUT2D eigenvalue weighted by Crippen LogP contribution is -2.36. The van der Waals surface area contributed by atoms with Gasteiger partial charge in [0.05, 0.1) is 17.1 Å². The monoisotopic (exact) mass is 358 g/mol. The lowest BCUT2D eigenvalue weighted by molar-refractivity contribution is -0.119. The quantitative estimate of drug-likeness (QED) is 0.851. The van der Waals surface area contributed by atoms with Gasteiger partial charge in [0.15, 0.2) is 0 Å². The van der Waals surface area contributed by atoms with Gasteiger partial charge in [-0.1, -0.05) is 6.07 Å². The number of rotatable bonds is 6. The summed E-state index contributed by atoms with van der Waals surface area (Å²) in [6.07, 6.45) is 5.11. The van der Waals surface area contributed by atoms with Crippen molar-refractivity contribution < 1.29 is 9.59 Å². The molecule has 2 aromatic heterocycles. The fourth-order valence-electron chi connectivity index (χ4n) is 2.84. The van der Waals surface area contributed by atoms with Crippen molar-refractivity contribution in [3.05, 3.63) is 45.9 Å². The van der Waals surface area contributed by atoms with Crippen LogP contribution < -0.4 is 10.2 Å². The molecule has 0 fully saturated rings. The van der Waals surface area contributed by atoms with Gasteiger partial charge in [-0.2, -0.15) is 0 Å². The van der Waals surface area contributed by atoms with Crippen LogP contribution in [0.5, 0.6) is 0 Å². The zero-order valence-electron chi connectivity index (χ0n) is 14.5. The van der Waals surface area contributed by atoms with Crippen LogP contribution in [-0.2, 0) is 17.6 Å². The van der Waals surface area contributed by atoms with Crippen molar-refractivity contribution in [1.82, 2.24) is 15.2 Å². The van der Waals surface area contributed by atoms with Crippen LogP contribution in [0.1, 0.15) is 20.1 Å². The molecule has 0 saturated heterocycles. The van der Waals surface area contributed by atoms with Gasteiger partial charge in [-0.3, -0.25) is 14.6 Å². The number of nitrogens with one attached hydrogen (secondary N) is 1. The predicted molar refractivity (Wildman–Crippen MR) is 99.2 cm³/mol. The Morgan fingerprint density at radius 2 is 2.24 bits per heavy atom. The highest BCUT2D eigenvalue weighted by atomic mass is 32.1. The first-order valence-corrected chi connectivity index (χ1v) is 9.11. The maximum Gasteiger partial charge on any atom is 0.261 e. The molecule has 25 heavy (non-hydrogen) atoms. The summed E-state index contributed by atoms with van der Waals surface area (Å²) < 4.78 is 0. The predicted octanol–water partition coefficient (Wildman–Crippen LogP) is 1.57. The number of carbonyl (C=O) groups is 2. The molecule has 0 aliphatic carbocycles. The van der Waals surface area contributed by atoms with E-state index in [0.717, 1.165) is 29.0 Å². The number of amides is 2. The van der Waals surface area contributed by atoms with Crippen LogP contribution in [0, 0.1) is 0 Å². The van der Waals surface area contributed by atoms with E-state index in [1.54, 1.807) is 17.3 Å². The summed E-state index contributed by atoms with van der Waals surface area (Å²) in [5.41, 5.74) is 1.99. The number of anilines is 1. The third-order valence-electron chi connectivity index (χ3n) is 4.04. The molecule has 3 rings (SSSR count). The smallest absolute Gasteiger partial charge is 0.261 e. The number of likely N-dealkylation sites (N-methyl/N-ethyl adjacent to an activating group) is 1. The molecule has 0 unspecified atom stereocenters. The maximum atomic E-state index is 12.4. The molecule has 6 nitrogen and oxygen atoms in total. The summed E-state index contributed by atoms with van der Waals surface area (Å²) in [5.74, 6) is -0.00613. The second-order valence-corrected chi connectivity index (χ2v) is 7.46. The van der Waals surface area contributed by atoms with Crippen molar-refractivity contribution in [3.8, 4) is 0 Å². The van der Waals surface area contributed by atoms with Gasteiger partial charge in [0.2, 0.25) is 5.91 Å². The van der Waals surface area contributed by atoms with Crippen LogP contribution in [0.25, 0.3) is 0 Å². The number of hydrogen-bond donors (Lipinski definition) is 1. The molecule has 2 aromatic rings. The second kappa shape index (κ2) is 7.76. The average molecular weight is 358 g/mol. The van der Waals surface area contributed by atoms with E-state index in [4.69, 9.17) is 0 Å². The Morgan fingerprint density at radius 3 is 2.96 bits per heavy atom. The number of aromatic nitrogens is 1. The van der Waals surface area contributed by atoms with Crippen molar-refractivity contribution in [1.29, 1.82) is 0 Å². The first-order chi connectivity index (χ1) is 12.0. The fourth-order valence-corrected chi connectivity index (χ4v) is 3.91. The Labute approximate surface area is 151 Å². The van der Waals surface area contributed by atoms with E-state index in [-0.39, 0.29) is 11.8 Å². The molecule has 0 radical (unpaired) electrons. The molecule has 1 N–H and O–H groups in total. The van der Waals surface area contributed by atoms with Crippen molar-refractivity contribution in [2.75, 3.05) is 38.6 Å². The Bertz CT molecular complexity index is 758. The van der Waals surface area contributed by atoms with Crippen LogP contribution in [0.15, 0.2) is 30.6 Å². The topological polar surface area (TPSA) is 65.5 Å². The van der Waals surface area contributed by atoms with E-state index >= 15 is 0 Å². The van der Waals surface area contributed by atoms with Crippen LogP contribution >= 0.6 is 11.3 Å². The zero-order chi connectivity index (χ0) is 17.8. The van der Waals surface area contributed by atoms with Crippen LogP contribution in [0.4, 0.5) is 5.69 Å². The van der Waals surface area contributed by atoms with Gasteiger partial charge in [0.1, 0.15) is 0 Å². The Balaban J connectivity index is 1.59. The minimum absolute atomic E-state index is 0.0742. The number of hydrogen-bond acceptors (Lipinski definition) is 5. The lowest BCUT2D eigenvalue weighted by Gasteiger charge is -2.18. The van der Waals surface area contributed by atoms with Crippen LogP contribution in [-0.4, -0.2) is 55.4 Å². The molecular weight excluding hydrogens is 336 g/mol. The molecule has 1 aliphatic heterocycles. The van der Waals surface area contributed by atoms with Gasteiger partial charge >= 0.3 is 0 Å². The molecule has 1 aliphatic rings. The molecule has 132 valence electrons. The summed E-state index contributed by atoms with van der Waals surface area (Å²) in [4.78, 5) is 34.2. The number of thiophene rings is 1. The molecule has 0 spiro atoms. The van der Waals surface area contributed by atoms with Gasteiger partial charge in [0, 0.05) is 36.8 Å². The SMILES string of the molecule is CN(C)CC(=O)N1CCc2sc(C(=O)NCCc3cccnc3)cc21. The van der Waals surface area contributed by atoms with Crippen molar-refractivity contribution >= 4 is 28.8 Å².